The van der Waals surface area contributed by atoms with Gasteiger partial charge < -0.3 is 28.8 Å². The Morgan fingerprint density at radius 1 is 1.03 bits per heavy atom. The van der Waals surface area contributed by atoms with E-state index in [9.17, 15) is 5.11 Å². The van der Waals surface area contributed by atoms with Crippen LogP contribution in [0.4, 0.5) is 0 Å². The summed E-state index contributed by atoms with van der Waals surface area (Å²) in [6, 6.07) is 9.58. The number of aromatic nitrogens is 4. The minimum Gasteiger partial charge on any atom is -0.387 e. The van der Waals surface area contributed by atoms with Crippen LogP contribution in [0.1, 0.15) is 31.9 Å². The van der Waals surface area contributed by atoms with E-state index in [1.54, 1.807) is 24.7 Å². The SMILES string of the molecule is CC1(C)O[C@@H]2[C@@H](O)[C@@H]3OC(c4ccccc4)OC[C@H]3O[C@@H](n3cnc4c(Cl)ncnc43)[C@@H]2O1. The molecule has 1 unspecified atom stereocenters. The van der Waals surface area contributed by atoms with Gasteiger partial charge in [-0.3, -0.25) is 4.57 Å². The van der Waals surface area contributed by atoms with Crippen LogP contribution in [0.5, 0.6) is 0 Å². The van der Waals surface area contributed by atoms with Crippen LogP contribution < -0.4 is 0 Å². The highest BCUT2D eigenvalue weighted by molar-refractivity contribution is 6.33. The molecule has 3 fully saturated rings. The van der Waals surface area contributed by atoms with Gasteiger partial charge in [0.15, 0.2) is 29.1 Å². The Labute approximate surface area is 194 Å². The predicted octanol–water partition coefficient (Wildman–Crippen LogP) is 2.37. The summed E-state index contributed by atoms with van der Waals surface area (Å²) >= 11 is 6.20. The molecule has 10 nitrogen and oxygen atoms in total. The van der Waals surface area contributed by atoms with Gasteiger partial charge in [-0.2, -0.15) is 0 Å². The normalized spacial score (nSPS) is 35.7. The Balaban J connectivity index is 1.38. The highest BCUT2D eigenvalue weighted by Crippen LogP contribution is 2.44. The molecule has 33 heavy (non-hydrogen) atoms. The monoisotopic (exact) mass is 474 g/mol. The van der Waals surface area contributed by atoms with Crippen molar-refractivity contribution >= 4 is 22.8 Å². The van der Waals surface area contributed by atoms with E-state index in [4.69, 9.17) is 35.3 Å². The fourth-order valence-corrected chi connectivity index (χ4v) is 4.90. The van der Waals surface area contributed by atoms with Gasteiger partial charge in [-0.05, 0) is 13.8 Å². The summed E-state index contributed by atoms with van der Waals surface area (Å²) in [6.07, 6.45) is -2.10. The number of ether oxygens (including phenoxy) is 5. The number of halogens is 1. The summed E-state index contributed by atoms with van der Waals surface area (Å²) in [4.78, 5) is 12.7. The van der Waals surface area contributed by atoms with Gasteiger partial charge in [-0.15, -0.1) is 0 Å². The second-order valence-electron chi connectivity index (χ2n) is 8.79. The van der Waals surface area contributed by atoms with E-state index in [-0.39, 0.29) is 11.8 Å². The lowest BCUT2D eigenvalue weighted by Gasteiger charge is -2.38. The molecular weight excluding hydrogens is 452 g/mol. The van der Waals surface area contributed by atoms with Crippen LogP contribution in [-0.2, 0) is 23.7 Å². The van der Waals surface area contributed by atoms with Gasteiger partial charge in [0.05, 0.1) is 12.9 Å². The van der Waals surface area contributed by atoms with Crippen molar-refractivity contribution in [2.75, 3.05) is 6.61 Å². The number of fused-ring (bicyclic) bond motifs is 3. The Bertz CT molecular complexity index is 1160. The van der Waals surface area contributed by atoms with E-state index in [1.165, 1.54) is 6.33 Å². The van der Waals surface area contributed by atoms with Crippen molar-refractivity contribution in [1.29, 1.82) is 0 Å². The molecule has 0 radical (unpaired) electrons. The number of benzene rings is 1. The van der Waals surface area contributed by atoms with Crippen LogP contribution >= 0.6 is 11.6 Å². The van der Waals surface area contributed by atoms with Crippen molar-refractivity contribution in [1.82, 2.24) is 19.5 Å². The molecule has 5 heterocycles. The second-order valence-corrected chi connectivity index (χ2v) is 9.14. The van der Waals surface area contributed by atoms with Gasteiger partial charge in [0.1, 0.15) is 42.4 Å². The number of imidazole rings is 1. The van der Waals surface area contributed by atoms with E-state index in [2.05, 4.69) is 15.0 Å². The third kappa shape index (κ3) is 3.62. The van der Waals surface area contributed by atoms with E-state index in [1.807, 2.05) is 30.3 Å². The molecule has 1 N–H and O–H groups in total. The molecule has 3 aliphatic rings. The summed E-state index contributed by atoms with van der Waals surface area (Å²) in [5, 5.41) is 11.6. The number of hydrogen-bond donors (Lipinski definition) is 1. The van der Waals surface area contributed by atoms with Gasteiger partial charge in [0.2, 0.25) is 0 Å². The first-order valence-corrected chi connectivity index (χ1v) is 11.1. The molecule has 11 heteroatoms. The van der Waals surface area contributed by atoms with Gasteiger partial charge in [-0.25, -0.2) is 15.0 Å². The fourth-order valence-electron chi connectivity index (χ4n) is 4.73. The molecule has 7 atom stereocenters. The average molecular weight is 475 g/mol. The van der Waals surface area contributed by atoms with Gasteiger partial charge in [0, 0.05) is 5.56 Å². The number of nitrogens with zero attached hydrogens (tertiary/aromatic N) is 4. The molecule has 0 spiro atoms. The standard InChI is InChI=1S/C22H23ClN4O6/c1-22(2)32-16-14(28)15-12(8-29-21(31-15)11-6-4-3-5-7-11)30-20(17(16)33-22)27-10-26-13-18(23)24-9-25-19(13)27/h3-7,9-10,12,14-17,20-21,28H,8H2,1-2H3/t12-,14+,15-,16-,17-,20-,21?/m1/s1. The minimum atomic E-state index is -1.02. The Morgan fingerprint density at radius 2 is 1.82 bits per heavy atom. The lowest BCUT2D eigenvalue weighted by Crippen LogP contribution is -2.51. The lowest BCUT2D eigenvalue weighted by molar-refractivity contribution is -0.299. The molecule has 0 saturated carbocycles. The molecule has 0 amide bonds. The third-order valence-corrected chi connectivity index (χ3v) is 6.43. The maximum atomic E-state index is 11.4. The summed E-state index contributed by atoms with van der Waals surface area (Å²) in [7, 11) is 0. The molecule has 3 aliphatic heterocycles. The van der Waals surface area contributed by atoms with Gasteiger partial charge >= 0.3 is 0 Å². The Hall–Kier alpha value is -2.18. The molecule has 0 aliphatic carbocycles. The molecule has 1 aromatic carbocycles. The van der Waals surface area contributed by atoms with Crippen LogP contribution in [0.15, 0.2) is 43.0 Å². The molecule has 0 bridgehead atoms. The topological polar surface area (TPSA) is 110 Å². The maximum absolute atomic E-state index is 11.4. The van der Waals surface area contributed by atoms with Crippen LogP contribution in [0.2, 0.25) is 5.15 Å². The van der Waals surface area contributed by atoms with Crippen LogP contribution in [0.3, 0.4) is 0 Å². The molecule has 3 saturated heterocycles. The van der Waals surface area contributed by atoms with Crippen LogP contribution in [-0.4, -0.2) is 67.5 Å². The summed E-state index contributed by atoms with van der Waals surface area (Å²) in [5.74, 6) is -0.933. The minimum absolute atomic E-state index is 0.211. The van der Waals surface area contributed by atoms with Crippen LogP contribution in [0.25, 0.3) is 11.2 Å². The number of rotatable bonds is 2. The molecule has 6 rings (SSSR count). The average Bonchev–Trinajstić information content (AvgIpc) is 3.36. The smallest absolute Gasteiger partial charge is 0.184 e. The van der Waals surface area contributed by atoms with Crippen molar-refractivity contribution in [3.05, 3.63) is 53.7 Å². The Kier molecular flexibility index (Phi) is 5.15. The van der Waals surface area contributed by atoms with Crippen LogP contribution in [0, 0.1) is 0 Å². The van der Waals surface area contributed by atoms with Gasteiger partial charge in [-0.1, -0.05) is 41.9 Å². The summed E-state index contributed by atoms with van der Waals surface area (Å²) < 4.78 is 32.7. The largest absolute Gasteiger partial charge is 0.387 e. The first-order valence-electron chi connectivity index (χ1n) is 10.8. The zero-order chi connectivity index (χ0) is 22.7. The zero-order valence-corrected chi connectivity index (χ0v) is 18.7. The highest BCUT2D eigenvalue weighted by atomic mass is 35.5. The quantitative estimate of drug-likeness (QED) is 0.559. The first-order chi connectivity index (χ1) is 15.9. The zero-order valence-electron chi connectivity index (χ0n) is 17.9. The highest BCUT2D eigenvalue weighted by Gasteiger charge is 2.57. The summed E-state index contributed by atoms with van der Waals surface area (Å²) in [6.45, 7) is 3.81. The van der Waals surface area contributed by atoms with Gasteiger partial charge in [0.25, 0.3) is 0 Å². The molecular formula is C22H23ClN4O6. The second kappa shape index (κ2) is 7.95. The van der Waals surface area contributed by atoms with E-state index >= 15 is 0 Å². The third-order valence-electron chi connectivity index (χ3n) is 6.15. The summed E-state index contributed by atoms with van der Waals surface area (Å²) in [5.41, 5.74) is 1.79. The number of aliphatic hydroxyl groups is 1. The maximum Gasteiger partial charge on any atom is 0.184 e. The van der Waals surface area contributed by atoms with Crippen molar-refractivity contribution in [3.8, 4) is 0 Å². The Morgan fingerprint density at radius 3 is 2.64 bits per heavy atom. The van der Waals surface area contributed by atoms with Crippen molar-refractivity contribution in [2.24, 2.45) is 0 Å². The fraction of sp³-hybridized carbons (Fsp3) is 0.500. The lowest BCUT2D eigenvalue weighted by atomic mass is 9.99. The first kappa shape index (κ1) is 21.4. The van der Waals surface area contributed by atoms with E-state index in [0.29, 0.717) is 11.2 Å². The van der Waals surface area contributed by atoms with Crippen molar-refractivity contribution in [2.45, 2.75) is 62.7 Å². The van der Waals surface area contributed by atoms with E-state index in [0.717, 1.165) is 5.56 Å². The number of aliphatic hydroxyl groups excluding tert-OH is 1. The molecule has 2 aromatic heterocycles. The predicted molar refractivity (Wildman–Crippen MR) is 114 cm³/mol. The number of hydrogen-bond acceptors (Lipinski definition) is 9. The van der Waals surface area contributed by atoms with Crippen molar-refractivity contribution in [3.63, 3.8) is 0 Å². The molecule has 3 aromatic rings. The molecule has 174 valence electrons. The van der Waals surface area contributed by atoms with E-state index < -0.39 is 48.8 Å². The van der Waals surface area contributed by atoms with Crippen molar-refractivity contribution < 1.29 is 28.8 Å².